The number of hydrogen-bond donors (Lipinski definition) is 0. The second-order valence-corrected chi connectivity index (χ2v) is 22.5. The molecule has 0 saturated heterocycles. The summed E-state index contributed by atoms with van der Waals surface area (Å²) in [4.78, 5) is 0. The number of rotatable bonds is 5. The molecule has 6 rings (SSSR count). The molecule has 252 valence electrons. The van der Waals surface area contributed by atoms with Gasteiger partial charge in [0.25, 0.3) is 0 Å². The fourth-order valence-electron chi connectivity index (χ4n) is 7.93. The molecule has 1 unspecified atom stereocenters. The molecule has 0 heterocycles. The molecule has 0 amide bonds. The first-order valence-corrected chi connectivity index (χ1v) is 21.6. The van der Waals surface area contributed by atoms with Crippen LogP contribution in [0, 0.1) is 11.3 Å². The zero-order valence-corrected chi connectivity index (χ0v) is 35.0. The van der Waals surface area contributed by atoms with Crippen molar-refractivity contribution in [3.05, 3.63) is 127 Å². The maximum atomic E-state index is 2.86. The van der Waals surface area contributed by atoms with E-state index in [0.29, 0.717) is 9.54 Å². The van der Waals surface area contributed by atoms with Crippen LogP contribution in [0.3, 0.4) is 0 Å². The van der Waals surface area contributed by atoms with Crippen molar-refractivity contribution >= 4 is 14.5 Å². The molecule has 4 aromatic rings. The van der Waals surface area contributed by atoms with Gasteiger partial charge in [0.1, 0.15) is 0 Å². The van der Waals surface area contributed by atoms with Crippen LogP contribution in [0.25, 0.3) is 21.9 Å². The minimum Gasteiger partial charge on any atom is -1.00 e. The monoisotopic (exact) mass is 754 g/mol. The van der Waals surface area contributed by atoms with E-state index in [1.54, 1.807) is 22.3 Å². The second-order valence-electron chi connectivity index (χ2n) is 16.8. The molecule has 0 aliphatic heterocycles. The van der Waals surface area contributed by atoms with Crippen LogP contribution in [0.2, 0.25) is 0 Å². The molecule has 2 aliphatic rings. The largest absolute Gasteiger partial charge is 1.00 e. The molecule has 0 N–H and O–H groups in total. The van der Waals surface area contributed by atoms with Crippen molar-refractivity contribution < 1.29 is 46.1 Å². The summed E-state index contributed by atoms with van der Waals surface area (Å²) in [5, 5.41) is 2.73. The molecule has 0 spiro atoms. The van der Waals surface area contributed by atoms with Crippen molar-refractivity contribution in [3.63, 3.8) is 0 Å². The molecule has 0 bridgehead atoms. The first-order valence-electron chi connectivity index (χ1n) is 17.6. The van der Waals surface area contributed by atoms with Gasteiger partial charge in [-0.3, -0.25) is 0 Å². The van der Waals surface area contributed by atoms with E-state index in [-0.39, 0.29) is 41.1 Å². The first kappa shape index (κ1) is 38.8. The maximum Gasteiger partial charge on any atom is -1.00 e. The van der Waals surface area contributed by atoms with Crippen molar-refractivity contribution in [2.75, 3.05) is 0 Å². The van der Waals surface area contributed by atoms with Gasteiger partial charge in [-0.15, -0.1) is 0 Å². The van der Waals surface area contributed by atoms with Crippen LogP contribution in [-0.4, -0.2) is 3.71 Å². The Bertz CT molecular complexity index is 1850. The van der Waals surface area contributed by atoms with E-state index in [9.17, 15) is 0 Å². The molecule has 1 atom stereocenters. The van der Waals surface area contributed by atoms with Crippen LogP contribution < -0.4 is 24.8 Å². The number of halogens is 2. The predicted molar refractivity (Wildman–Crippen MR) is 199 cm³/mol. The summed E-state index contributed by atoms with van der Waals surface area (Å²) in [5.74, 6) is 0.528. The molecule has 48 heavy (non-hydrogen) atoms. The number of hydrogen-bond acceptors (Lipinski definition) is 0. The van der Waals surface area contributed by atoms with Gasteiger partial charge in [-0.25, -0.2) is 0 Å². The van der Waals surface area contributed by atoms with Gasteiger partial charge >= 0.3 is 289 Å². The third-order valence-corrected chi connectivity index (χ3v) is 18.3. The Kier molecular flexibility index (Phi) is 11.5. The van der Waals surface area contributed by atoms with Gasteiger partial charge in [-0.1, -0.05) is 0 Å². The van der Waals surface area contributed by atoms with Crippen LogP contribution >= 0.6 is 0 Å². The van der Waals surface area contributed by atoms with Crippen molar-refractivity contribution in [2.45, 2.75) is 103 Å². The fraction of sp³-hybridized carbons (Fsp3) is 0.400. The van der Waals surface area contributed by atoms with E-state index in [4.69, 9.17) is 0 Å². The normalized spacial score (nSPS) is 16.4. The topological polar surface area (TPSA) is 0 Å². The summed E-state index contributed by atoms with van der Waals surface area (Å²) in [6.07, 6.45) is 4.97. The van der Waals surface area contributed by atoms with Gasteiger partial charge in [0.2, 0.25) is 0 Å². The average Bonchev–Trinajstić information content (AvgIpc) is 3.54. The first-order chi connectivity index (χ1) is 21.6. The summed E-state index contributed by atoms with van der Waals surface area (Å²) < 4.78 is 5.15. The van der Waals surface area contributed by atoms with Crippen LogP contribution in [0.15, 0.2) is 99.4 Å². The van der Waals surface area contributed by atoms with Gasteiger partial charge in [-0.2, -0.15) is 0 Å². The quantitative estimate of drug-likeness (QED) is 0.214. The number of allylic oxidation sites excluding steroid dienone is 4. The molecule has 2 aliphatic carbocycles. The summed E-state index contributed by atoms with van der Waals surface area (Å²) in [5.41, 5.74) is 14.0. The Morgan fingerprint density at radius 2 is 1.19 bits per heavy atom. The summed E-state index contributed by atoms with van der Waals surface area (Å²) >= 11 is -2.68. The zero-order chi connectivity index (χ0) is 33.2. The van der Waals surface area contributed by atoms with Crippen molar-refractivity contribution in [1.29, 1.82) is 0 Å². The fourth-order valence-corrected chi connectivity index (χ4v) is 17.2. The Labute approximate surface area is 311 Å². The van der Waals surface area contributed by atoms with E-state index < -0.39 is 21.3 Å². The molecule has 0 fully saturated rings. The Hall–Kier alpha value is -2.05. The third kappa shape index (κ3) is 7.09. The molecule has 4 aromatic carbocycles. The van der Waals surface area contributed by atoms with Gasteiger partial charge < -0.3 is 24.8 Å². The van der Waals surface area contributed by atoms with Crippen molar-refractivity contribution in [1.82, 2.24) is 0 Å². The predicted octanol–water partition coefficient (Wildman–Crippen LogP) is 6.66. The number of fused-ring (bicyclic) bond motifs is 4. The summed E-state index contributed by atoms with van der Waals surface area (Å²) in [6, 6.07) is 31.0. The van der Waals surface area contributed by atoms with Crippen LogP contribution in [0.1, 0.15) is 120 Å². The van der Waals surface area contributed by atoms with Gasteiger partial charge in [0.05, 0.1) is 0 Å². The molecular formula is C45H54Cl2Zr. The van der Waals surface area contributed by atoms with Crippen molar-refractivity contribution in [3.8, 4) is 11.1 Å². The Balaban J connectivity index is 0.00000260. The molecule has 0 saturated carbocycles. The van der Waals surface area contributed by atoms with E-state index in [2.05, 4.69) is 165 Å². The number of benzene rings is 4. The Morgan fingerprint density at radius 1 is 0.646 bits per heavy atom. The molecule has 0 nitrogen and oxygen atoms in total. The molecule has 3 heteroatoms. The van der Waals surface area contributed by atoms with Gasteiger partial charge in [0.15, 0.2) is 0 Å². The second kappa shape index (κ2) is 14.3. The van der Waals surface area contributed by atoms with Crippen LogP contribution in [-0.2, 0) is 32.1 Å². The summed E-state index contributed by atoms with van der Waals surface area (Å²) in [7, 11) is 0. The van der Waals surface area contributed by atoms with E-state index in [1.165, 1.54) is 45.0 Å². The molecular weight excluding hydrogens is 703 g/mol. The minimum atomic E-state index is -2.68. The van der Waals surface area contributed by atoms with Crippen LogP contribution in [0.5, 0.6) is 0 Å². The standard InChI is InChI=1S/C21H25.C13H21.C11H8.2ClH.Zr/c1-20(2,3)16-9-7-14-11-15-8-10-17(21(4,5)6)13-19(15)18(14)12-16;1-6-10-8-11(7-2)12(9-10)13(3,4)5;1-9-5-4-7-10-6-2-3-8-11(9)10;;;/h7-13H,1-6H3;9-10H,6-7H2,1-5H3;1-8H;2*1H;/q;;;;;+2/p-2. The van der Waals surface area contributed by atoms with Crippen molar-refractivity contribution in [2.24, 2.45) is 11.3 Å². The SMILES string of the molecule is CCC1=[C](/[Zr+2](=[CH]/c2cccc3ccccc23)[CH]2c3ccc(C(C)(C)C)cc3-c3cc(C(C)(C)C)ccc32)C(CC)C=C1C(C)(C)C.[Cl-].[Cl-]. The third-order valence-electron chi connectivity index (χ3n) is 10.5. The van der Waals surface area contributed by atoms with Crippen LogP contribution in [0.4, 0.5) is 0 Å². The van der Waals surface area contributed by atoms with Gasteiger partial charge in [-0.05, 0) is 0 Å². The minimum absolute atomic E-state index is 0. The van der Waals surface area contributed by atoms with E-state index >= 15 is 0 Å². The van der Waals surface area contributed by atoms with Gasteiger partial charge in [0, 0.05) is 0 Å². The smallest absolute Gasteiger partial charge is 1.00 e. The molecule has 0 radical (unpaired) electrons. The zero-order valence-electron chi connectivity index (χ0n) is 31.0. The molecule has 0 aromatic heterocycles. The average molecular weight is 757 g/mol. The summed E-state index contributed by atoms with van der Waals surface area (Å²) in [6.45, 7) is 26.2. The maximum absolute atomic E-state index is 2.86. The Morgan fingerprint density at radius 3 is 1.69 bits per heavy atom. The van der Waals surface area contributed by atoms with E-state index in [0.717, 1.165) is 6.42 Å². The van der Waals surface area contributed by atoms with E-state index in [1.807, 2.05) is 3.28 Å².